The Morgan fingerprint density at radius 1 is 1.62 bits per heavy atom. The zero-order chi connectivity index (χ0) is 11.8. The van der Waals surface area contributed by atoms with Gasteiger partial charge in [0.2, 0.25) is 0 Å². The molecule has 0 bridgehead atoms. The number of allylic oxidation sites excluding steroid dienone is 3. The summed E-state index contributed by atoms with van der Waals surface area (Å²) < 4.78 is 4.58. The normalized spacial score (nSPS) is 11.4. The monoisotopic (exact) mass is 301 g/mol. The molecular formula is C11H12BrNO2S. The highest BCUT2D eigenvalue weighted by Gasteiger charge is 2.09. The summed E-state index contributed by atoms with van der Waals surface area (Å²) in [6.45, 7) is 0. The number of nitrogens with zero attached hydrogens (tertiary/aromatic N) is 1. The summed E-state index contributed by atoms with van der Waals surface area (Å²) in [7, 11) is 1.36. The molecule has 1 aromatic heterocycles. The lowest BCUT2D eigenvalue weighted by Crippen LogP contribution is -2.01. The van der Waals surface area contributed by atoms with Crippen molar-refractivity contribution in [3.05, 3.63) is 39.3 Å². The van der Waals surface area contributed by atoms with E-state index in [1.54, 1.807) is 10.4 Å². The molecule has 5 heteroatoms. The lowest BCUT2D eigenvalue weighted by Gasteiger charge is -1.92. The standard InChI is InChI=1S/C11H12BrNO2S/c1-15-11(14)9-8-16-10(13-9)6-4-2-3-5-7-12/h2-3,5,7-8H,4,6H2,1H3/b3-2+,7-5-. The largest absolute Gasteiger partial charge is 0.464 e. The van der Waals surface area contributed by atoms with Crippen LogP contribution < -0.4 is 0 Å². The van der Waals surface area contributed by atoms with E-state index in [2.05, 4.69) is 31.7 Å². The summed E-state index contributed by atoms with van der Waals surface area (Å²) in [5, 5.41) is 2.68. The first-order valence-corrected chi connectivity index (χ1v) is 6.52. The van der Waals surface area contributed by atoms with E-state index in [0.717, 1.165) is 17.8 Å². The zero-order valence-electron chi connectivity index (χ0n) is 8.85. The molecule has 86 valence electrons. The number of methoxy groups -OCH3 is 1. The maximum absolute atomic E-state index is 11.1. The molecule has 0 amide bonds. The van der Waals surface area contributed by atoms with Gasteiger partial charge in [-0.25, -0.2) is 9.78 Å². The number of thiazole rings is 1. The first kappa shape index (κ1) is 13.1. The van der Waals surface area contributed by atoms with E-state index in [1.807, 2.05) is 12.2 Å². The molecular weight excluding hydrogens is 290 g/mol. The molecule has 0 saturated carbocycles. The van der Waals surface area contributed by atoms with Crippen molar-refractivity contribution in [2.75, 3.05) is 7.11 Å². The fraction of sp³-hybridized carbons (Fsp3) is 0.273. The van der Waals surface area contributed by atoms with Gasteiger partial charge >= 0.3 is 5.97 Å². The third-order valence-corrected chi connectivity index (χ3v) is 3.00. The number of carbonyl (C=O) groups excluding carboxylic acids is 1. The first-order valence-electron chi connectivity index (χ1n) is 4.72. The van der Waals surface area contributed by atoms with Crippen molar-refractivity contribution in [2.24, 2.45) is 0 Å². The Balaban J connectivity index is 2.43. The SMILES string of the molecule is COC(=O)c1csc(CC/C=C/C=C\Br)n1. The summed E-state index contributed by atoms with van der Waals surface area (Å²) in [6, 6.07) is 0. The van der Waals surface area contributed by atoms with Crippen LogP contribution in [-0.2, 0) is 11.2 Å². The van der Waals surface area contributed by atoms with Crippen molar-refractivity contribution in [1.82, 2.24) is 4.98 Å². The van der Waals surface area contributed by atoms with Gasteiger partial charge in [0.15, 0.2) is 5.69 Å². The van der Waals surface area contributed by atoms with Crippen LogP contribution in [0.5, 0.6) is 0 Å². The molecule has 3 nitrogen and oxygen atoms in total. The summed E-state index contributed by atoms with van der Waals surface area (Å²) in [5.41, 5.74) is 0.395. The molecule has 0 aliphatic rings. The van der Waals surface area contributed by atoms with Crippen LogP contribution in [0.1, 0.15) is 21.9 Å². The van der Waals surface area contributed by atoms with Crippen LogP contribution in [0.4, 0.5) is 0 Å². The number of esters is 1. The molecule has 0 atom stereocenters. The van der Waals surface area contributed by atoms with E-state index in [-0.39, 0.29) is 5.97 Å². The molecule has 0 aliphatic heterocycles. The zero-order valence-corrected chi connectivity index (χ0v) is 11.3. The van der Waals surface area contributed by atoms with Crippen molar-refractivity contribution in [2.45, 2.75) is 12.8 Å². The maximum atomic E-state index is 11.1. The third-order valence-electron chi connectivity index (χ3n) is 1.79. The van der Waals surface area contributed by atoms with Crippen molar-refractivity contribution in [3.8, 4) is 0 Å². The molecule has 0 aromatic carbocycles. The topological polar surface area (TPSA) is 39.2 Å². The van der Waals surface area contributed by atoms with Gasteiger partial charge < -0.3 is 4.74 Å². The highest BCUT2D eigenvalue weighted by molar-refractivity contribution is 9.11. The Morgan fingerprint density at radius 3 is 3.12 bits per heavy atom. The highest BCUT2D eigenvalue weighted by Crippen LogP contribution is 2.12. The van der Waals surface area contributed by atoms with Gasteiger partial charge in [-0.3, -0.25) is 0 Å². The van der Waals surface area contributed by atoms with E-state index in [0.29, 0.717) is 5.69 Å². The Morgan fingerprint density at radius 2 is 2.44 bits per heavy atom. The predicted octanol–water partition coefficient (Wildman–Crippen LogP) is 3.33. The summed E-state index contributed by atoms with van der Waals surface area (Å²) >= 11 is 4.66. The van der Waals surface area contributed by atoms with Crippen LogP contribution in [-0.4, -0.2) is 18.1 Å². The van der Waals surface area contributed by atoms with Gasteiger partial charge in [0.05, 0.1) is 12.1 Å². The minimum Gasteiger partial charge on any atom is -0.464 e. The molecule has 16 heavy (non-hydrogen) atoms. The lowest BCUT2D eigenvalue weighted by atomic mass is 10.3. The molecule has 0 radical (unpaired) electrons. The van der Waals surface area contributed by atoms with Gasteiger partial charge in [-0.05, 0) is 11.4 Å². The number of rotatable bonds is 5. The van der Waals surface area contributed by atoms with Crippen LogP contribution in [0.15, 0.2) is 28.6 Å². The number of carbonyl (C=O) groups is 1. The molecule has 0 spiro atoms. The van der Waals surface area contributed by atoms with Crippen LogP contribution in [0.25, 0.3) is 0 Å². The summed E-state index contributed by atoms with van der Waals surface area (Å²) in [6.07, 6.45) is 7.67. The van der Waals surface area contributed by atoms with E-state index in [1.165, 1.54) is 18.4 Å². The van der Waals surface area contributed by atoms with Crippen molar-refractivity contribution in [3.63, 3.8) is 0 Å². The van der Waals surface area contributed by atoms with Crippen LogP contribution >= 0.6 is 27.3 Å². The average Bonchev–Trinajstić information content (AvgIpc) is 2.76. The third kappa shape index (κ3) is 4.28. The van der Waals surface area contributed by atoms with Crippen molar-refractivity contribution < 1.29 is 9.53 Å². The van der Waals surface area contributed by atoms with Crippen LogP contribution in [0, 0.1) is 0 Å². The number of halogens is 1. The van der Waals surface area contributed by atoms with Gasteiger partial charge in [-0.15, -0.1) is 11.3 Å². The van der Waals surface area contributed by atoms with Crippen molar-refractivity contribution in [1.29, 1.82) is 0 Å². The number of ether oxygens (including phenoxy) is 1. The van der Waals surface area contributed by atoms with Crippen molar-refractivity contribution >= 4 is 33.2 Å². The van der Waals surface area contributed by atoms with Gasteiger partial charge in [-0.1, -0.05) is 34.2 Å². The van der Waals surface area contributed by atoms with Crippen LogP contribution in [0.3, 0.4) is 0 Å². The minimum atomic E-state index is -0.375. The Kier molecular flexibility index (Phi) is 6.03. The molecule has 0 saturated heterocycles. The van der Waals surface area contributed by atoms with E-state index >= 15 is 0 Å². The second kappa shape index (κ2) is 7.35. The number of aromatic nitrogens is 1. The fourth-order valence-electron chi connectivity index (χ4n) is 1.05. The fourth-order valence-corrected chi connectivity index (χ4v) is 2.01. The lowest BCUT2D eigenvalue weighted by molar-refractivity contribution is 0.0594. The van der Waals surface area contributed by atoms with Gasteiger partial charge in [0.25, 0.3) is 0 Å². The summed E-state index contributed by atoms with van der Waals surface area (Å²) in [5.74, 6) is -0.375. The Labute approximate surface area is 107 Å². The smallest absolute Gasteiger partial charge is 0.357 e. The number of hydrogen-bond donors (Lipinski definition) is 0. The Bertz CT molecular complexity index is 398. The minimum absolute atomic E-state index is 0.375. The van der Waals surface area contributed by atoms with E-state index in [9.17, 15) is 4.79 Å². The molecule has 1 heterocycles. The molecule has 1 aromatic rings. The first-order chi connectivity index (χ1) is 7.77. The van der Waals surface area contributed by atoms with E-state index in [4.69, 9.17) is 0 Å². The number of hydrogen-bond acceptors (Lipinski definition) is 4. The highest BCUT2D eigenvalue weighted by atomic mass is 79.9. The molecule has 0 fully saturated rings. The molecule has 0 unspecified atom stereocenters. The molecule has 0 aliphatic carbocycles. The average molecular weight is 302 g/mol. The number of aryl methyl sites for hydroxylation is 1. The molecule has 1 rings (SSSR count). The summed E-state index contributed by atoms with van der Waals surface area (Å²) in [4.78, 5) is 17.1. The van der Waals surface area contributed by atoms with Gasteiger partial charge in [0, 0.05) is 11.8 Å². The second-order valence-corrected chi connectivity index (χ2v) is 4.37. The Hall–Kier alpha value is -0.940. The van der Waals surface area contributed by atoms with Crippen LogP contribution in [0.2, 0.25) is 0 Å². The predicted molar refractivity (Wildman–Crippen MR) is 69.0 cm³/mol. The molecule has 0 N–H and O–H groups in total. The van der Waals surface area contributed by atoms with Gasteiger partial charge in [-0.2, -0.15) is 0 Å². The second-order valence-electron chi connectivity index (χ2n) is 2.90. The van der Waals surface area contributed by atoms with Gasteiger partial charge in [0.1, 0.15) is 0 Å². The maximum Gasteiger partial charge on any atom is 0.357 e. The quantitative estimate of drug-likeness (QED) is 0.618. The van der Waals surface area contributed by atoms with E-state index < -0.39 is 0 Å².